The maximum atomic E-state index is 13.2. The molecule has 0 amide bonds. The van der Waals surface area contributed by atoms with Gasteiger partial charge in [0.2, 0.25) is 0 Å². The fraction of sp³-hybridized carbons (Fsp3) is 0.810. The highest BCUT2D eigenvalue weighted by Gasteiger charge is 2.50. The summed E-state index contributed by atoms with van der Waals surface area (Å²) < 4.78 is 29.4. The topological polar surface area (TPSA) is 101 Å². The van der Waals surface area contributed by atoms with Gasteiger partial charge in [0.15, 0.2) is 18.5 Å². The summed E-state index contributed by atoms with van der Waals surface area (Å²) in [5.41, 5.74) is 0.936. The van der Waals surface area contributed by atoms with Crippen molar-refractivity contribution in [2.75, 3.05) is 13.7 Å². The molecule has 1 aliphatic rings. The minimum absolute atomic E-state index is 0.114. The Bertz CT molecular complexity index is 956. The maximum absolute atomic E-state index is 13.2. The highest BCUT2D eigenvalue weighted by atomic mass is 16.7. The molecule has 1 aromatic rings. The van der Waals surface area contributed by atoms with Crippen LogP contribution in [0.2, 0.25) is 0 Å². The van der Waals surface area contributed by atoms with Crippen molar-refractivity contribution in [3.63, 3.8) is 0 Å². The summed E-state index contributed by atoms with van der Waals surface area (Å²) in [5, 5.41) is 11.0. The Morgan fingerprint density at radius 1 is 0.600 bits per heavy atom. The van der Waals surface area contributed by atoms with Crippen LogP contribution in [0.15, 0.2) is 30.3 Å². The number of aliphatic hydroxyl groups excluding tert-OH is 1. The summed E-state index contributed by atoms with van der Waals surface area (Å²) in [7, 11) is 1.54. The van der Waals surface area contributed by atoms with E-state index in [1.54, 1.807) is 0 Å². The Hall–Kier alpha value is -2.00. The number of hydrogen-bond donors (Lipinski definition) is 1. The standard InChI is InChI=1S/C42H72O8/c1-4-6-8-10-12-14-16-18-20-22-27-31-37(43)49-40-39(47-33-35-29-25-24-26-30-35)36(34-46-3)48-42(45)41(40)50-38(44)32-28-23-21-19-17-15-13-11-9-7-5-2/h24-26,29-30,36,39-42,45H,4-23,27-28,31-34H2,1-3H3/t36-,39-,40+,41-,42+/m1/s1. The molecule has 1 fully saturated rings. The number of benzene rings is 1. The van der Waals surface area contributed by atoms with Crippen LogP contribution in [0.25, 0.3) is 0 Å². The number of rotatable bonds is 31. The van der Waals surface area contributed by atoms with Crippen molar-refractivity contribution < 1.29 is 38.4 Å². The number of hydrogen-bond acceptors (Lipinski definition) is 8. The zero-order chi connectivity index (χ0) is 36.1. The molecule has 0 aromatic heterocycles. The minimum Gasteiger partial charge on any atom is -0.455 e. The van der Waals surface area contributed by atoms with Gasteiger partial charge in [0.05, 0.1) is 13.2 Å². The van der Waals surface area contributed by atoms with Gasteiger partial charge in [-0.3, -0.25) is 9.59 Å². The second-order valence-electron chi connectivity index (χ2n) is 14.3. The molecule has 0 unspecified atom stereocenters. The third-order valence-electron chi connectivity index (χ3n) is 9.73. The summed E-state index contributed by atoms with van der Waals surface area (Å²) >= 11 is 0. The van der Waals surface area contributed by atoms with Gasteiger partial charge in [0.25, 0.3) is 0 Å². The van der Waals surface area contributed by atoms with Crippen molar-refractivity contribution >= 4 is 11.9 Å². The van der Waals surface area contributed by atoms with Gasteiger partial charge in [0.1, 0.15) is 12.2 Å². The fourth-order valence-corrected chi connectivity index (χ4v) is 6.71. The van der Waals surface area contributed by atoms with E-state index in [-0.39, 0.29) is 26.1 Å². The zero-order valence-corrected chi connectivity index (χ0v) is 32.0. The number of carbonyl (C=O) groups is 2. The summed E-state index contributed by atoms with van der Waals surface area (Å²) in [5.74, 6) is -0.831. The molecule has 1 aromatic carbocycles. The molecule has 2 rings (SSSR count). The SMILES string of the molecule is CCCCCCCCCCCCCC(=O)O[C@@H]1[C@@H](OC(=O)CCCCCCCCCCCCC)[C@@H](O)O[C@H](COC)[C@H]1OCc1ccccc1. The third-order valence-corrected chi connectivity index (χ3v) is 9.73. The molecule has 8 nitrogen and oxygen atoms in total. The normalized spacial score (nSPS) is 20.5. The quantitative estimate of drug-likeness (QED) is 0.0602. The average molecular weight is 705 g/mol. The van der Waals surface area contributed by atoms with E-state index >= 15 is 0 Å². The van der Waals surface area contributed by atoms with Gasteiger partial charge in [0, 0.05) is 20.0 Å². The van der Waals surface area contributed by atoms with Crippen LogP contribution in [0.1, 0.15) is 174 Å². The van der Waals surface area contributed by atoms with Crippen LogP contribution in [-0.4, -0.2) is 61.5 Å². The molecule has 0 saturated carbocycles. The molecule has 8 heteroatoms. The van der Waals surface area contributed by atoms with Gasteiger partial charge in [-0.2, -0.15) is 0 Å². The molecule has 0 bridgehead atoms. The van der Waals surface area contributed by atoms with Crippen LogP contribution < -0.4 is 0 Å². The molecule has 1 saturated heterocycles. The van der Waals surface area contributed by atoms with Gasteiger partial charge in [-0.25, -0.2) is 0 Å². The number of carbonyl (C=O) groups excluding carboxylic acids is 2. The molecule has 0 spiro atoms. The van der Waals surface area contributed by atoms with E-state index in [1.807, 2.05) is 30.3 Å². The highest BCUT2D eigenvalue weighted by molar-refractivity contribution is 5.70. The smallest absolute Gasteiger partial charge is 0.306 e. The van der Waals surface area contributed by atoms with Crippen LogP contribution in [0, 0.1) is 0 Å². The molecule has 1 aliphatic heterocycles. The van der Waals surface area contributed by atoms with Crippen LogP contribution >= 0.6 is 0 Å². The van der Waals surface area contributed by atoms with Crippen LogP contribution in [0.4, 0.5) is 0 Å². The van der Waals surface area contributed by atoms with Crippen molar-refractivity contribution in [3.8, 4) is 0 Å². The van der Waals surface area contributed by atoms with E-state index in [2.05, 4.69) is 13.8 Å². The van der Waals surface area contributed by atoms with Gasteiger partial charge < -0.3 is 28.8 Å². The van der Waals surface area contributed by atoms with Crippen molar-refractivity contribution in [2.24, 2.45) is 0 Å². The monoisotopic (exact) mass is 705 g/mol. The van der Waals surface area contributed by atoms with Crippen LogP contribution in [0.5, 0.6) is 0 Å². The lowest BCUT2D eigenvalue weighted by atomic mass is 9.98. The van der Waals surface area contributed by atoms with Crippen LogP contribution in [-0.2, 0) is 39.9 Å². The van der Waals surface area contributed by atoms with E-state index in [4.69, 9.17) is 23.7 Å². The third kappa shape index (κ3) is 20.1. The Morgan fingerprint density at radius 2 is 1.02 bits per heavy atom. The summed E-state index contributed by atoms with van der Waals surface area (Å²) in [6, 6.07) is 9.68. The van der Waals surface area contributed by atoms with E-state index in [0.717, 1.165) is 37.7 Å². The summed E-state index contributed by atoms with van der Waals surface area (Å²) in [6.45, 7) is 4.83. The fourth-order valence-electron chi connectivity index (χ4n) is 6.71. The second-order valence-corrected chi connectivity index (χ2v) is 14.3. The number of esters is 2. The number of unbranched alkanes of at least 4 members (excludes halogenated alkanes) is 20. The van der Waals surface area contributed by atoms with Crippen molar-refractivity contribution in [1.29, 1.82) is 0 Å². The largest absolute Gasteiger partial charge is 0.455 e. The Morgan fingerprint density at radius 3 is 1.46 bits per heavy atom. The van der Waals surface area contributed by atoms with E-state index < -0.39 is 42.6 Å². The lowest BCUT2D eigenvalue weighted by molar-refractivity contribution is -0.302. The first-order valence-electron chi connectivity index (χ1n) is 20.4. The minimum atomic E-state index is -1.48. The molecule has 0 radical (unpaired) electrons. The van der Waals surface area contributed by atoms with Gasteiger partial charge in [-0.1, -0.05) is 173 Å². The molecule has 1 N–H and O–H groups in total. The lowest BCUT2D eigenvalue weighted by Crippen LogP contribution is -2.62. The number of aliphatic hydroxyl groups is 1. The van der Waals surface area contributed by atoms with Gasteiger partial charge >= 0.3 is 11.9 Å². The van der Waals surface area contributed by atoms with E-state index in [9.17, 15) is 14.7 Å². The predicted octanol–water partition coefficient (Wildman–Crippen LogP) is 10.2. The van der Waals surface area contributed by atoms with E-state index in [0.29, 0.717) is 6.42 Å². The molecule has 0 aliphatic carbocycles. The molecule has 50 heavy (non-hydrogen) atoms. The second kappa shape index (κ2) is 29.6. The summed E-state index contributed by atoms with van der Waals surface area (Å²) in [6.07, 6.45) is 21.3. The molecule has 1 heterocycles. The van der Waals surface area contributed by atoms with Gasteiger partial charge in [-0.05, 0) is 18.4 Å². The summed E-state index contributed by atoms with van der Waals surface area (Å²) in [4.78, 5) is 26.2. The first kappa shape index (κ1) is 44.2. The van der Waals surface area contributed by atoms with E-state index in [1.165, 1.54) is 110 Å². The predicted molar refractivity (Wildman–Crippen MR) is 200 cm³/mol. The lowest BCUT2D eigenvalue weighted by Gasteiger charge is -2.43. The zero-order valence-electron chi connectivity index (χ0n) is 32.0. The Labute approximate surface area is 304 Å². The van der Waals surface area contributed by atoms with Crippen molar-refractivity contribution in [3.05, 3.63) is 35.9 Å². The number of methoxy groups -OCH3 is 1. The van der Waals surface area contributed by atoms with Crippen molar-refractivity contribution in [1.82, 2.24) is 0 Å². The molecule has 288 valence electrons. The maximum Gasteiger partial charge on any atom is 0.306 e. The first-order valence-corrected chi connectivity index (χ1v) is 20.4. The van der Waals surface area contributed by atoms with Crippen molar-refractivity contribution in [2.45, 2.75) is 205 Å². The molecular formula is C42H72O8. The Balaban J connectivity index is 1.90. The Kier molecular flexibility index (Phi) is 26.1. The van der Waals surface area contributed by atoms with Gasteiger partial charge in [-0.15, -0.1) is 0 Å². The molecular weight excluding hydrogens is 632 g/mol. The average Bonchev–Trinajstić information content (AvgIpc) is 3.11. The first-order chi connectivity index (χ1) is 24.5. The molecule has 5 atom stereocenters. The highest BCUT2D eigenvalue weighted by Crippen LogP contribution is 2.29. The number of ether oxygens (including phenoxy) is 5. The van der Waals surface area contributed by atoms with Crippen LogP contribution in [0.3, 0.4) is 0 Å².